The van der Waals surface area contributed by atoms with Gasteiger partial charge in [-0.25, -0.2) is 0 Å². The van der Waals surface area contributed by atoms with E-state index in [1.54, 1.807) is 11.8 Å². The molecule has 0 radical (unpaired) electrons. The lowest BCUT2D eigenvalue weighted by molar-refractivity contribution is 0.864. The van der Waals surface area contributed by atoms with Crippen LogP contribution in [0.25, 0.3) is 0 Å². The number of hydrogen-bond donors (Lipinski definition) is 1. The highest BCUT2D eigenvalue weighted by Crippen LogP contribution is 2.39. The molecular formula is C17H25N5S. The van der Waals surface area contributed by atoms with Crippen LogP contribution in [0.4, 0.5) is 11.9 Å². The summed E-state index contributed by atoms with van der Waals surface area (Å²) in [6.07, 6.45) is 0. The number of benzene rings is 1. The van der Waals surface area contributed by atoms with Crippen LogP contribution >= 0.6 is 11.8 Å². The van der Waals surface area contributed by atoms with Crippen molar-refractivity contribution in [2.24, 2.45) is 0 Å². The molecule has 23 heavy (non-hydrogen) atoms. The summed E-state index contributed by atoms with van der Waals surface area (Å²) in [7, 11) is 3.79. The number of nitrogens with two attached hydrogens (primary N) is 1. The van der Waals surface area contributed by atoms with Crippen LogP contribution in [0.3, 0.4) is 0 Å². The van der Waals surface area contributed by atoms with Crippen LogP contribution in [-0.2, 0) is 0 Å². The number of nitrogen functional groups attached to an aromatic ring is 1. The first-order valence-electron chi connectivity index (χ1n) is 7.63. The van der Waals surface area contributed by atoms with Crippen LogP contribution in [0.1, 0.15) is 40.3 Å². The number of thioether (sulfide) groups is 1. The lowest BCUT2D eigenvalue weighted by Crippen LogP contribution is -2.16. The molecule has 1 aromatic carbocycles. The monoisotopic (exact) mass is 331 g/mol. The maximum Gasteiger partial charge on any atom is 0.229 e. The quantitative estimate of drug-likeness (QED) is 0.863. The molecule has 0 unspecified atom stereocenters. The Morgan fingerprint density at radius 1 is 1.00 bits per heavy atom. The van der Waals surface area contributed by atoms with Crippen LogP contribution in [0.15, 0.2) is 11.0 Å². The predicted molar refractivity (Wildman–Crippen MR) is 98.2 cm³/mol. The lowest BCUT2D eigenvalue weighted by Gasteiger charge is -2.19. The van der Waals surface area contributed by atoms with Gasteiger partial charge in [0.05, 0.1) is 5.25 Å². The molecule has 1 aromatic heterocycles. The van der Waals surface area contributed by atoms with Gasteiger partial charge >= 0.3 is 0 Å². The number of aromatic nitrogens is 3. The maximum absolute atomic E-state index is 5.84. The van der Waals surface area contributed by atoms with Crippen LogP contribution in [0, 0.1) is 27.7 Å². The Morgan fingerprint density at radius 3 is 2.09 bits per heavy atom. The molecule has 0 fully saturated rings. The highest BCUT2D eigenvalue weighted by molar-refractivity contribution is 7.99. The van der Waals surface area contributed by atoms with Crippen LogP contribution < -0.4 is 10.6 Å². The minimum atomic E-state index is 0.0950. The zero-order valence-electron chi connectivity index (χ0n) is 14.9. The fourth-order valence-corrected chi connectivity index (χ4v) is 3.61. The zero-order chi connectivity index (χ0) is 17.3. The van der Waals surface area contributed by atoms with Gasteiger partial charge < -0.3 is 10.6 Å². The van der Waals surface area contributed by atoms with E-state index in [9.17, 15) is 0 Å². The average Bonchev–Trinajstić information content (AvgIpc) is 2.48. The Bertz CT molecular complexity index is 701. The van der Waals surface area contributed by atoms with Gasteiger partial charge in [0.1, 0.15) is 5.82 Å². The summed E-state index contributed by atoms with van der Waals surface area (Å²) in [6.45, 7) is 10.8. The summed E-state index contributed by atoms with van der Waals surface area (Å²) in [5.74, 6) is 1.57. The number of anilines is 2. The molecule has 6 heteroatoms. The SMILES string of the molecule is Cc1cc(C)c(C)c(S[C@@H](C)c2nc(N)nc(N(C)C)n2)c1C. The maximum atomic E-state index is 5.84. The third kappa shape index (κ3) is 3.75. The van der Waals surface area contributed by atoms with Gasteiger partial charge in [-0.3, -0.25) is 0 Å². The first-order chi connectivity index (χ1) is 10.7. The Labute approximate surface area is 142 Å². The molecule has 0 aliphatic carbocycles. The second-order valence-electron chi connectivity index (χ2n) is 6.10. The normalized spacial score (nSPS) is 12.3. The predicted octanol–water partition coefficient (Wildman–Crippen LogP) is 3.61. The van der Waals surface area contributed by atoms with E-state index in [4.69, 9.17) is 5.73 Å². The molecule has 0 saturated heterocycles. The highest BCUT2D eigenvalue weighted by Gasteiger charge is 2.18. The minimum absolute atomic E-state index is 0.0950. The second kappa shape index (κ2) is 6.74. The van der Waals surface area contributed by atoms with Gasteiger partial charge in [-0.15, -0.1) is 11.8 Å². The second-order valence-corrected chi connectivity index (χ2v) is 7.45. The van der Waals surface area contributed by atoms with E-state index in [1.165, 1.54) is 27.1 Å². The summed E-state index contributed by atoms with van der Waals surface area (Å²) in [6, 6.07) is 2.24. The molecule has 2 rings (SSSR count). The van der Waals surface area contributed by atoms with Crippen LogP contribution in [0.2, 0.25) is 0 Å². The fraction of sp³-hybridized carbons (Fsp3) is 0.471. The number of aryl methyl sites for hydroxylation is 2. The van der Waals surface area contributed by atoms with Crippen molar-refractivity contribution in [2.45, 2.75) is 44.8 Å². The van der Waals surface area contributed by atoms with E-state index in [0.717, 1.165) is 0 Å². The van der Waals surface area contributed by atoms with Crippen LogP contribution in [-0.4, -0.2) is 29.0 Å². The minimum Gasteiger partial charge on any atom is -0.368 e. The summed E-state index contributed by atoms with van der Waals surface area (Å²) in [5.41, 5.74) is 11.1. The van der Waals surface area contributed by atoms with Crippen molar-refractivity contribution in [3.05, 3.63) is 34.1 Å². The Hall–Kier alpha value is -1.82. The van der Waals surface area contributed by atoms with E-state index < -0.39 is 0 Å². The van der Waals surface area contributed by atoms with Gasteiger partial charge in [0.15, 0.2) is 0 Å². The van der Waals surface area contributed by atoms with Gasteiger partial charge in [-0.05, 0) is 56.9 Å². The summed E-state index contributed by atoms with van der Waals surface area (Å²) in [4.78, 5) is 16.2. The van der Waals surface area contributed by atoms with E-state index in [2.05, 4.69) is 55.6 Å². The Kier molecular flexibility index (Phi) is 5.14. The van der Waals surface area contributed by atoms with Gasteiger partial charge in [0, 0.05) is 19.0 Å². The van der Waals surface area contributed by atoms with Crippen molar-refractivity contribution in [1.29, 1.82) is 0 Å². The van der Waals surface area contributed by atoms with Crippen molar-refractivity contribution in [2.75, 3.05) is 24.7 Å². The summed E-state index contributed by atoms with van der Waals surface area (Å²) >= 11 is 1.78. The van der Waals surface area contributed by atoms with Crippen molar-refractivity contribution in [3.63, 3.8) is 0 Å². The molecule has 1 atom stereocenters. The van der Waals surface area contributed by atoms with Crippen molar-refractivity contribution >= 4 is 23.7 Å². The molecular weight excluding hydrogens is 306 g/mol. The van der Waals surface area contributed by atoms with Crippen molar-refractivity contribution < 1.29 is 0 Å². The van der Waals surface area contributed by atoms with Gasteiger partial charge in [-0.2, -0.15) is 15.0 Å². The van der Waals surface area contributed by atoms with E-state index in [0.29, 0.717) is 11.8 Å². The van der Waals surface area contributed by atoms with Crippen molar-refractivity contribution in [1.82, 2.24) is 15.0 Å². The summed E-state index contributed by atoms with van der Waals surface area (Å²) < 4.78 is 0. The van der Waals surface area contributed by atoms with E-state index in [-0.39, 0.29) is 11.2 Å². The molecule has 2 N–H and O–H groups in total. The van der Waals surface area contributed by atoms with Gasteiger partial charge in [0.25, 0.3) is 0 Å². The van der Waals surface area contributed by atoms with Crippen molar-refractivity contribution in [3.8, 4) is 0 Å². The lowest BCUT2D eigenvalue weighted by atomic mass is 10.0. The van der Waals surface area contributed by atoms with Gasteiger partial charge in [0.2, 0.25) is 11.9 Å². The van der Waals surface area contributed by atoms with E-state index in [1.807, 2.05) is 19.0 Å². The number of rotatable bonds is 4. The molecule has 0 amide bonds. The number of hydrogen-bond acceptors (Lipinski definition) is 6. The zero-order valence-corrected chi connectivity index (χ0v) is 15.7. The fourth-order valence-electron chi connectivity index (χ4n) is 2.37. The smallest absolute Gasteiger partial charge is 0.229 e. The average molecular weight is 331 g/mol. The molecule has 124 valence electrons. The Morgan fingerprint density at radius 2 is 1.57 bits per heavy atom. The largest absolute Gasteiger partial charge is 0.368 e. The standard InChI is InChI=1S/C17H25N5S/c1-9-8-10(2)12(4)14(11(9)3)23-13(5)15-19-16(18)21-17(20-15)22(6)7/h8,13H,1-7H3,(H2,18,19,20,21)/t13-/m0/s1. The molecule has 0 aliphatic heterocycles. The molecule has 0 saturated carbocycles. The Balaban J connectivity index is 2.39. The molecule has 0 bridgehead atoms. The topological polar surface area (TPSA) is 67.9 Å². The number of nitrogens with zero attached hydrogens (tertiary/aromatic N) is 4. The third-order valence-corrected chi connectivity index (χ3v) is 5.43. The van der Waals surface area contributed by atoms with Crippen LogP contribution in [0.5, 0.6) is 0 Å². The molecule has 0 spiro atoms. The summed E-state index contributed by atoms with van der Waals surface area (Å²) in [5, 5.41) is 0.0950. The molecule has 0 aliphatic rings. The highest BCUT2D eigenvalue weighted by atomic mass is 32.2. The molecule has 2 aromatic rings. The molecule has 1 heterocycles. The first-order valence-corrected chi connectivity index (χ1v) is 8.51. The molecule has 5 nitrogen and oxygen atoms in total. The first kappa shape index (κ1) is 17.5. The third-order valence-electron chi connectivity index (χ3n) is 4.01. The van der Waals surface area contributed by atoms with Gasteiger partial charge in [-0.1, -0.05) is 6.07 Å². The van der Waals surface area contributed by atoms with E-state index >= 15 is 0 Å².